The molecule has 0 atom stereocenters. The van der Waals surface area contributed by atoms with Gasteiger partial charge in [-0.1, -0.05) is 18.2 Å². The van der Waals surface area contributed by atoms with Crippen molar-refractivity contribution in [3.8, 4) is 11.5 Å². The van der Waals surface area contributed by atoms with E-state index in [-0.39, 0.29) is 5.91 Å². The maximum absolute atomic E-state index is 12.3. The van der Waals surface area contributed by atoms with Crippen molar-refractivity contribution in [3.63, 3.8) is 0 Å². The quantitative estimate of drug-likeness (QED) is 0.922. The first-order valence-electron chi connectivity index (χ1n) is 7.56. The molecule has 5 nitrogen and oxygen atoms in total. The summed E-state index contributed by atoms with van der Waals surface area (Å²) in [6.45, 7) is 1.21. The molecule has 2 aromatic carbocycles. The van der Waals surface area contributed by atoms with Crippen molar-refractivity contribution in [3.05, 3.63) is 48.0 Å². The van der Waals surface area contributed by atoms with Gasteiger partial charge >= 0.3 is 0 Å². The number of ether oxygens (including phenoxy) is 2. The summed E-state index contributed by atoms with van der Waals surface area (Å²) in [5.74, 6) is 1.18. The fourth-order valence-corrected chi connectivity index (χ4v) is 2.86. The van der Waals surface area contributed by atoms with E-state index in [2.05, 4.69) is 22.3 Å². The lowest BCUT2D eigenvalue weighted by Gasteiger charge is -2.19. The molecule has 0 spiro atoms. The van der Waals surface area contributed by atoms with E-state index in [4.69, 9.17) is 9.47 Å². The Morgan fingerprint density at radius 1 is 1.13 bits per heavy atom. The van der Waals surface area contributed by atoms with Crippen LogP contribution in [0.3, 0.4) is 0 Å². The molecule has 0 saturated carbocycles. The molecular formula is C18H20N2O3. The number of para-hydroxylation sites is 1. The highest BCUT2D eigenvalue weighted by Crippen LogP contribution is 2.30. The summed E-state index contributed by atoms with van der Waals surface area (Å²) in [6, 6.07) is 13.6. The second-order valence-electron chi connectivity index (χ2n) is 5.42. The molecule has 0 bridgehead atoms. The van der Waals surface area contributed by atoms with E-state index < -0.39 is 0 Å². The number of nitrogens with one attached hydrogen (secondary N) is 1. The van der Waals surface area contributed by atoms with Crippen LogP contribution in [0, 0.1) is 0 Å². The van der Waals surface area contributed by atoms with Gasteiger partial charge in [0.1, 0.15) is 0 Å². The van der Waals surface area contributed by atoms with Crippen molar-refractivity contribution < 1.29 is 14.3 Å². The van der Waals surface area contributed by atoms with Crippen LogP contribution in [0.1, 0.15) is 5.56 Å². The van der Waals surface area contributed by atoms with Gasteiger partial charge in [0.15, 0.2) is 11.5 Å². The first-order chi connectivity index (χ1) is 11.2. The number of carbonyl (C=O) groups is 1. The van der Waals surface area contributed by atoms with Crippen LogP contribution >= 0.6 is 0 Å². The molecule has 0 unspecified atom stereocenters. The van der Waals surface area contributed by atoms with Crippen LogP contribution in [0.2, 0.25) is 0 Å². The highest BCUT2D eigenvalue weighted by Gasteiger charge is 2.20. The van der Waals surface area contributed by atoms with E-state index in [0.717, 1.165) is 18.7 Å². The number of methoxy groups -OCH3 is 2. The Hall–Kier alpha value is -2.69. The largest absolute Gasteiger partial charge is 0.493 e. The predicted molar refractivity (Wildman–Crippen MR) is 90.5 cm³/mol. The van der Waals surface area contributed by atoms with Crippen molar-refractivity contribution in [1.29, 1.82) is 0 Å². The summed E-state index contributed by atoms with van der Waals surface area (Å²) >= 11 is 0. The molecule has 1 N–H and O–H groups in total. The lowest BCUT2D eigenvalue weighted by molar-refractivity contribution is -0.115. The molecule has 1 aliphatic rings. The Balaban J connectivity index is 1.66. The minimum Gasteiger partial charge on any atom is -0.493 e. The summed E-state index contributed by atoms with van der Waals surface area (Å²) in [4.78, 5) is 14.4. The molecule has 1 heterocycles. The first kappa shape index (κ1) is 15.2. The van der Waals surface area contributed by atoms with Gasteiger partial charge in [0.2, 0.25) is 5.91 Å². The third-order valence-corrected chi connectivity index (χ3v) is 3.99. The molecule has 23 heavy (non-hydrogen) atoms. The molecule has 0 radical (unpaired) electrons. The normalized spacial score (nSPS) is 12.7. The van der Waals surface area contributed by atoms with Gasteiger partial charge in [-0.25, -0.2) is 0 Å². The van der Waals surface area contributed by atoms with E-state index in [1.54, 1.807) is 32.4 Å². The maximum atomic E-state index is 12.3. The Labute approximate surface area is 135 Å². The summed E-state index contributed by atoms with van der Waals surface area (Å²) in [5.41, 5.74) is 3.14. The molecule has 3 rings (SSSR count). The maximum Gasteiger partial charge on any atom is 0.243 e. The fourth-order valence-electron chi connectivity index (χ4n) is 2.86. The topological polar surface area (TPSA) is 50.8 Å². The Bertz CT molecular complexity index is 715. The summed E-state index contributed by atoms with van der Waals surface area (Å²) in [6.07, 6.45) is 0.986. The third-order valence-electron chi connectivity index (χ3n) is 3.99. The minimum absolute atomic E-state index is 0.0473. The van der Waals surface area contributed by atoms with Crippen LogP contribution in [0.25, 0.3) is 0 Å². The van der Waals surface area contributed by atoms with Gasteiger partial charge in [-0.05, 0) is 30.2 Å². The van der Waals surface area contributed by atoms with Crippen LogP contribution in [-0.2, 0) is 11.2 Å². The lowest BCUT2D eigenvalue weighted by Crippen LogP contribution is -2.31. The van der Waals surface area contributed by atoms with Gasteiger partial charge in [0, 0.05) is 24.0 Å². The zero-order valence-electron chi connectivity index (χ0n) is 13.3. The average molecular weight is 312 g/mol. The number of rotatable bonds is 5. The molecule has 2 aromatic rings. The number of carbonyl (C=O) groups excluding carboxylic acids is 1. The van der Waals surface area contributed by atoms with Crippen molar-refractivity contribution in [1.82, 2.24) is 0 Å². The van der Waals surface area contributed by atoms with E-state index in [9.17, 15) is 4.79 Å². The van der Waals surface area contributed by atoms with Gasteiger partial charge < -0.3 is 19.7 Å². The van der Waals surface area contributed by atoms with E-state index in [1.807, 2.05) is 12.1 Å². The molecule has 1 amide bonds. The standard InChI is InChI=1S/C18H20N2O3/c1-22-16-8-7-14(11-17(16)23-2)19-18(21)12-20-10-9-13-5-3-4-6-15(13)20/h3-8,11H,9-10,12H2,1-2H3,(H,19,21). The monoisotopic (exact) mass is 312 g/mol. The van der Waals surface area contributed by atoms with E-state index >= 15 is 0 Å². The zero-order chi connectivity index (χ0) is 16.2. The lowest BCUT2D eigenvalue weighted by atomic mass is 10.2. The minimum atomic E-state index is -0.0473. The molecular weight excluding hydrogens is 292 g/mol. The van der Waals surface area contributed by atoms with Crippen LogP contribution in [0.5, 0.6) is 11.5 Å². The Morgan fingerprint density at radius 3 is 2.70 bits per heavy atom. The molecule has 0 fully saturated rings. The highest BCUT2D eigenvalue weighted by atomic mass is 16.5. The summed E-state index contributed by atoms with van der Waals surface area (Å²) in [7, 11) is 3.16. The number of nitrogens with zero attached hydrogens (tertiary/aromatic N) is 1. The van der Waals surface area contributed by atoms with Crippen LogP contribution in [-0.4, -0.2) is 33.2 Å². The first-order valence-corrected chi connectivity index (χ1v) is 7.56. The van der Waals surface area contributed by atoms with Gasteiger partial charge in [-0.15, -0.1) is 0 Å². The number of hydrogen-bond donors (Lipinski definition) is 1. The van der Waals surface area contributed by atoms with Gasteiger partial charge in [0.25, 0.3) is 0 Å². The highest BCUT2D eigenvalue weighted by molar-refractivity contribution is 5.94. The third kappa shape index (κ3) is 3.23. The number of anilines is 2. The van der Waals surface area contributed by atoms with Crippen molar-refractivity contribution >= 4 is 17.3 Å². The molecule has 0 aromatic heterocycles. The molecule has 120 valence electrons. The van der Waals surface area contributed by atoms with Gasteiger partial charge in [-0.3, -0.25) is 4.79 Å². The fraction of sp³-hybridized carbons (Fsp3) is 0.278. The number of hydrogen-bond acceptors (Lipinski definition) is 4. The Morgan fingerprint density at radius 2 is 1.91 bits per heavy atom. The van der Waals surface area contributed by atoms with Crippen molar-refractivity contribution in [2.75, 3.05) is 37.5 Å². The summed E-state index contributed by atoms with van der Waals surface area (Å²) in [5, 5.41) is 2.91. The van der Waals surface area contributed by atoms with Crippen LogP contribution < -0.4 is 19.7 Å². The Kier molecular flexibility index (Phi) is 4.37. The van der Waals surface area contributed by atoms with E-state index in [1.165, 1.54) is 5.56 Å². The molecule has 1 aliphatic heterocycles. The smallest absolute Gasteiger partial charge is 0.243 e. The number of fused-ring (bicyclic) bond motifs is 1. The number of benzene rings is 2. The van der Waals surface area contributed by atoms with Gasteiger partial charge in [0.05, 0.1) is 20.8 Å². The molecule has 5 heteroatoms. The predicted octanol–water partition coefficient (Wildman–Crippen LogP) is 2.71. The van der Waals surface area contributed by atoms with Gasteiger partial charge in [-0.2, -0.15) is 0 Å². The molecule has 0 aliphatic carbocycles. The van der Waals surface area contributed by atoms with Crippen molar-refractivity contribution in [2.24, 2.45) is 0 Å². The average Bonchev–Trinajstić information content (AvgIpc) is 2.97. The van der Waals surface area contributed by atoms with E-state index in [0.29, 0.717) is 23.7 Å². The van der Waals surface area contributed by atoms with Crippen molar-refractivity contribution in [2.45, 2.75) is 6.42 Å². The van der Waals surface area contributed by atoms with Crippen LogP contribution in [0.4, 0.5) is 11.4 Å². The number of amides is 1. The SMILES string of the molecule is COc1ccc(NC(=O)CN2CCc3ccccc32)cc1OC. The summed E-state index contributed by atoms with van der Waals surface area (Å²) < 4.78 is 10.4. The van der Waals surface area contributed by atoms with Crippen LogP contribution in [0.15, 0.2) is 42.5 Å². The second kappa shape index (κ2) is 6.60. The zero-order valence-corrected chi connectivity index (χ0v) is 13.3. The molecule has 0 saturated heterocycles. The second-order valence-corrected chi connectivity index (χ2v) is 5.42.